The summed E-state index contributed by atoms with van der Waals surface area (Å²) >= 11 is 0. The normalized spacial score (nSPS) is 15.3. The zero-order valence-electron chi connectivity index (χ0n) is 18.8. The van der Waals surface area contributed by atoms with E-state index in [4.69, 9.17) is 9.15 Å². The van der Waals surface area contributed by atoms with Gasteiger partial charge in [-0.2, -0.15) is 0 Å². The van der Waals surface area contributed by atoms with E-state index in [0.717, 1.165) is 59.7 Å². The van der Waals surface area contributed by atoms with E-state index in [1.807, 2.05) is 66.7 Å². The average molecular weight is 441 g/mol. The molecule has 2 heterocycles. The SMILES string of the molecule is COc1ccc([C@@H](c2oc3ccccc3c2NC(=O)c2ccccc2)N2CCCCC2)cc1. The van der Waals surface area contributed by atoms with Gasteiger partial charge in [-0.25, -0.2) is 0 Å². The van der Waals surface area contributed by atoms with Crippen LogP contribution < -0.4 is 10.1 Å². The van der Waals surface area contributed by atoms with Gasteiger partial charge in [0.1, 0.15) is 17.1 Å². The minimum absolute atomic E-state index is 0.102. The summed E-state index contributed by atoms with van der Waals surface area (Å²) in [6.07, 6.45) is 3.54. The smallest absolute Gasteiger partial charge is 0.255 e. The summed E-state index contributed by atoms with van der Waals surface area (Å²) in [5.41, 5.74) is 3.25. The van der Waals surface area contributed by atoms with Gasteiger partial charge in [0.2, 0.25) is 0 Å². The molecule has 4 aromatic rings. The summed E-state index contributed by atoms with van der Waals surface area (Å²) in [4.78, 5) is 15.6. The lowest BCUT2D eigenvalue weighted by molar-refractivity contribution is 0.102. The molecule has 0 aliphatic carbocycles. The van der Waals surface area contributed by atoms with E-state index in [1.165, 1.54) is 6.42 Å². The molecular weight excluding hydrogens is 412 g/mol. The second kappa shape index (κ2) is 9.51. The molecule has 1 saturated heterocycles. The van der Waals surface area contributed by atoms with Gasteiger partial charge >= 0.3 is 0 Å². The number of ether oxygens (including phenoxy) is 1. The van der Waals surface area contributed by atoms with Crippen molar-refractivity contribution in [3.05, 3.63) is 95.7 Å². The van der Waals surface area contributed by atoms with Gasteiger partial charge in [0, 0.05) is 10.9 Å². The molecule has 168 valence electrons. The van der Waals surface area contributed by atoms with Crippen molar-refractivity contribution >= 4 is 22.6 Å². The lowest BCUT2D eigenvalue weighted by atomic mass is 9.98. The molecule has 1 N–H and O–H groups in total. The van der Waals surface area contributed by atoms with Crippen molar-refractivity contribution in [1.29, 1.82) is 0 Å². The number of nitrogens with one attached hydrogen (secondary N) is 1. The van der Waals surface area contributed by atoms with Gasteiger partial charge in [-0.3, -0.25) is 9.69 Å². The largest absolute Gasteiger partial charge is 0.497 e. The number of rotatable bonds is 6. The fourth-order valence-electron chi connectivity index (χ4n) is 4.65. The molecule has 5 rings (SSSR count). The van der Waals surface area contributed by atoms with E-state index >= 15 is 0 Å². The van der Waals surface area contributed by atoms with Gasteiger partial charge in [0.25, 0.3) is 5.91 Å². The number of nitrogens with zero attached hydrogens (tertiary/aromatic N) is 1. The molecule has 1 atom stereocenters. The highest BCUT2D eigenvalue weighted by Crippen LogP contribution is 2.41. The number of carbonyl (C=O) groups is 1. The highest BCUT2D eigenvalue weighted by molar-refractivity contribution is 6.09. The van der Waals surface area contributed by atoms with E-state index in [1.54, 1.807) is 7.11 Å². The summed E-state index contributed by atoms with van der Waals surface area (Å²) < 4.78 is 11.9. The third kappa shape index (κ3) is 4.37. The highest BCUT2D eigenvalue weighted by atomic mass is 16.5. The predicted octanol–water partition coefficient (Wildman–Crippen LogP) is 6.27. The maximum absolute atomic E-state index is 13.1. The third-order valence-corrected chi connectivity index (χ3v) is 6.33. The summed E-state index contributed by atoms with van der Waals surface area (Å²) in [6.45, 7) is 1.97. The molecule has 5 heteroatoms. The van der Waals surface area contributed by atoms with Crippen molar-refractivity contribution in [2.75, 3.05) is 25.5 Å². The Morgan fingerprint density at radius 1 is 0.909 bits per heavy atom. The Balaban J connectivity index is 1.62. The second-order valence-corrected chi connectivity index (χ2v) is 8.43. The topological polar surface area (TPSA) is 54.7 Å². The Labute approximate surface area is 194 Å². The van der Waals surface area contributed by atoms with Crippen LogP contribution in [0.2, 0.25) is 0 Å². The summed E-state index contributed by atoms with van der Waals surface area (Å²) in [6, 6.07) is 25.2. The van der Waals surface area contributed by atoms with Gasteiger partial charge in [-0.15, -0.1) is 0 Å². The first-order valence-corrected chi connectivity index (χ1v) is 11.5. The number of hydrogen-bond donors (Lipinski definition) is 1. The molecule has 1 aliphatic rings. The van der Waals surface area contributed by atoms with Gasteiger partial charge in [0.15, 0.2) is 0 Å². The number of hydrogen-bond acceptors (Lipinski definition) is 4. The summed E-state index contributed by atoms with van der Waals surface area (Å²) in [7, 11) is 1.67. The zero-order valence-corrected chi connectivity index (χ0v) is 18.8. The molecule has 0 radical (unpaired) electrons. The van der Waals surface area contributed by atoms with E-state index in [-0.39, 0.29) is 11.9 Å². The first-order chi connectivity index (χ1) is 16.2. The number of anilines is 1. The lowest BCUT2D eigenvalue weighted by Crippen LogP contribution is -2.34. The number of furan rings is 1. The van der Waals surface area contributed by atoms with Crippen molar-refractivity contribution in [3.63, 3.8) is 0 Å². The molecule has 0 spiro atoms. The number of methoxy groups -OCH3 is 1. The van der Waals surface area contributed by atoms with Crippen LogP contribution in [0, 0.1) is 0 Å². The first-order valence-electron chi connectivity index (χ1n) is 11.5. The van der Waals surface area contributed by atoms with Crippen LogP contribution in [-0.2, 0) is 0 Å². The minimum Gasteiger partial charge on any atom is -0.497 e. The van der Waals surface area contributed by atoms with Crippen LogP contribution in [0.1, 0.15) is 47.0 Å². The maximum atomic E-state index is 13.1. The molecule has 3 aromatic carbocycles. The second-order valence-electron chi connectivity index (χ2n) is 8.43. The number of benzene rings is 3. The molecule has 5 nitrogen and oxygen atoms in total. The monoisotopic (exact) mass is 440 g/mol. The van der Waals surface area contributed by atoms with Crippen molar-refractivity contribution in [1.82, 2.24) is 4.90 Å². The van der Waals surface area contributed by atoms with Crippen molar-refractivity contribution < 1.29 is 13.9 Å². The molecule has 0 bridgehead atoms. The Bertz CT molecular complexity index is 1230. The van der Waals surface area contributed by atoms with E-state index in [9.17, 15) is 4.79 Å². The van der Waals surface area contributed by atoms with Gasteiger partial charge in [-0.05, 0) is 67.9 Å². The quantitative estimate of drug-likeness (QED) is 0.384. The number of amides is 1. The third-order valence-electron chi connectivity index (χ3n) is 6.33. The van der Waals surface area contributed by atoms with Gasteiger partial charge in [-0.1, -0.05) is 48.9 Å². The molecule has 1 fully saturated rings. The minimum atomic E-state index is -0.143. The van der Waals surface area contributed by atoms with Crippen molar-refractivity contribution in [3.8, 4) is 5.75 Å². The molecule has 1 aliphatic heterocycles. The maximum Gasteiger partial charge on any atom is 0.255 e. The van der Waals surface area contributed by atoms with E-state index < -0.39 is 0 Å². The van der Waals surface area contributed by atoms with Gasteiger partial charge < -0.3 is 14.5 Å². The van der Waals surface area contributed by atoms with Crippen LogP contribution in [0.3, 0.4) is 0 Å². The van der Waals surface area contributed by atoms with Crippen LogP contribution in [0.15, 0.2) is 83.3 Å². The van der Waals surface area contributed by atoms with Crippen molar-refractivity contribution in [2.45, 2.75) is 25.3 Å². The number of para-hydroxylation sites is 1. The number of fused-ring (bicyclic) bond motifs is 1. The Hall–Kier alpha value is -3.57. The van der Waals surface area contributed by atoms with Gasteiger partial charge in [0.05, 0.1) is 18.8 Å². The molecular formula is C28H28N2O3. The van der Waals surface area contributed by atoms with Crippen LogP contribution in [0.5, 0.6) is 5.75 Å². The van der Waals surface area contributed by atoms with Crippen LogP contribution in [-0.4, -0.2) is 31.0 Å². The summed E-state index contributed by atoms with van der Waals surface area (Å²) in [5, 5.41) is 4.09. The standard InChI is InChI=1S/C28H28N2O3/c1-32-22-16-14-20(15-17-22)26(30-18-8-3-9-19-30)27-25(23-12-6-7-13-24(23)33-27)29-28(31)21-10-4-2-5-11-21/h2,4-7,10-17,26H,3,8-9,18-19H2,1H3,(H,29,31)/t26-/m0/s1. The number of piperidine rings is 1. The first kappa shape index (κ1) is 21.3. The van der Waals surface area contributed by atoms with Crippen LogP contribution in [0.4, 0.5) is 5.69 Å². The fraction of sp³-hybridized carbons (Fsp3) is 0.250. The van der Waals surface area contributed by atoms with Crippen molar-refractivity contribution in [2.24, 2.45) is 0 Å². The predicted molar refractivity (Wildman–Crippen MR) is 131 cm³/mol. The Kier molecular flexibility index (Phi) is 6.13. The molecule has 1 aromatic heterocycles. The van der Waals surface area contributed by atoms with Crippen LogP contribution >= 0.6 is 0 Å². The molecule has 33 heavy (non-hydrogen) atoms. The summed E-state index contributed by atoms with van der Waals surface area (Å²) in [5.74, 6) is 1.45. The zero-order chi connectivity index (χ0) is 22.6. The Morgan fingerprint density at radius 3 is 2.33 bits per heavy atom. The molecule has 0 unspecified atom stereocenters. The lowest BCUT2D eigenvalue weighted by Gasteiger charge is -2.34. The average Bonchev–Trinajstić information content (AvgIpc) is 3.23. The van der Waals surface area contributed by atoms with E-state index in [2.05, 4.69) is 22.3 Å². The number of likely N-dealkylation sites (tertiary alicyclic amines) is 1. The van der Waals surface area contributed by atoms with E-state index in [0.29, 0.717) is 5.56 Å². The number of carbonyl (C=O) groups excluding carboxylic acids is 1. The molecule has 1 amide bonds. The fourth-order valence-corrected chi connectivity index (χ4v) is 4.65. The van der Waals surface area contributed by atoms with Crippen LogP contribution in [0.25, 0.3) is 11.0 Å². The highest BCUT2D eigenvalue weighted by Gasteiger charge is 2.31. The molecule has 0 saturated carbocycles. The Morgan fingerprint density at radius 2 is 1.61 bits per heavy atom.